The summed E-state index contributed by atoms with van der Waals surface area (Å²) in [4.78, 5) is 4.17. The van der Waals surface area contributed by atoms with E-state index in [0.717, 1.165) is 35.7 Å². The van der Waals surface area contributed by atoms with Gasteiger partial charge in [-0.25, -0.2) is 0 Å². The fourth-order valence-electron chi connectivity index (χ4n) is 3.20. The summed E-state index contributed by atoms with van der Waals surface area (Å²) in [5, 5.41) is 10.7. The normalized spacial score (nSPS) is 19.0. The van der Waals surface area contributed by atoms with Gasteiger partial charge in [0.15, 0.2) is 0 Å². The highest BCUT2D eigenvalue weighted by Gasteiger charge is 2.30. The van der Waals surface area contributed by atoms with Crippen molar-refractivity contribution in [2.75, 3.05) is 6.54 Å². The van der Waals surface area contributed by atoms with Crippen molar-refractivity contribution < 1.29 is 4.74 Å². The monoisotopic (exact) mass is 320 g/mol. The molecule has 2 aromatic heterocycles. The predicted molar refractivity (Wildman–Crippen MR) is 92.8 cm³/mol. The van der Waals surface area contributed by atoms with E-state index in [9.17, 15) is 0 Å². The Morgan fingerprint density at radius 3 is 2.92 bits per heavy atom. The maximum Gasteiger partial charge on any atom is 0.123 e. The molecule has 3 aromatic rings. The summed E-state index contributed by atoms with van der Waals surface area (Å²) in [7, 11) is 0. The van der Waals surface area contributed by atoms with Crippen molar-refractivity contribution in [1.29, 1.82) is 0 Å². The van der Waals surface area contributed by atoms with Gasteiger partial charge < -0.3 is 10.1 Å². The Bertz CT molecular complexity index is 815. The number of H-pyrrole nitrogens is 1. The van der Waals surface area contributed by atoms with Gasteiger partial charge >= 0.3 is 0 Å². The van der Waals surface area contributed by atoms with Crippen molar-refractivity contribution in [3.8, 4) is 17.0 Å². The molecular formula is C19H20N4O. The first-order valence-electron chi connectivity index (χ1n) is 8.22. The summed E-state index contributed by atoms with van der Waals surface area (Å²) in [6.45, 7) is 3.76. The van der Waals surface area contributed by atoms with E-state index in [-0.39, 0.29) is 6.10 Å². The quantitative estimate of drug-likeness (QED) is 0.758. The predicted octanol–water partition coefficient (Wildman–Crippen LogP) is 3.13. The van der Waals surface area contributed by atoms with E-state index in [1.165, 1.54) is 5.56 Å². The molecule has 0 saturated carbocycles. The minimum absolute atomic E-state index is 0.163. The third-order valence-corrected chi connectivity index (χ3v) is 4.57. The first-order valence-corrected chi connectivity index (χ1v) is 8.22. The zero-order valence-corrected chi connectivity index (χ0v) is 13.6. The van der Waals surface area contributed by atoms with E-state index in [1.54, 1.807) is 6.20 Å². The number of aromatic amines is 1. The van der Waals surface area contributed by atoms with Crippen molar-refractivity contribution in [3.05, 3.63) is 66.1 Å². The molecule has 1 aliphatic heterocycles. The van der Waals surface area contributed by atoms with Crippen LogP contribution in [0.1, 0.15) is 24.0 Å². The molecule has 3 heterocycles. The number of hydrogen-bond donors (Lipinski definition) is 2. The van der Waals surface area contributed by atoms with E-state index >= 15 is 0 Å². The number of fused-ring (bicyclic) bond motifs is 1. The molecule has 0 unspecified atom stereocenters. The van der Waals surface area contributed by atoms with Gasteiger partial charge in [0.1, 0.15) is 11.9 Å². The van der Waals surface area contributed by atoms with Crippen LogP contribution in [0.4, 0.5) is 0 Å². The van der Waals surface area contributed by atoms with Crippen molar-refractivity contribution in [3.63, 3.8) is 0 Å². The van der Waals surface area contributed by atoms with E-state index in [1.807, 2.05) is 36.7 Å². The second-order valence-corrected chi connectivity index (χ2v) is 6.13. The molecule has 1 aliphatic rings. The minimum atomic E-state index is 0.163. The zero-order valence-electron chi connectivity index (χ0n) is 13.6. The zero-order chi connectivity index (χ0) is 16.4. The van der Waals surface area contributed by atoms with Gasteiger partial charge in [-0.1, -0.05) is 25.1 Å². The maximum absolute atomic E-state index is 6.06. The van der Waals surface area contributed by atoms with E-state index < -0.39 is 0 Å². The van der Waals surface area contributed by atoms with Crippen LogP contribution in [0.25, 0.3) is 11.3 Å². The van der Waals surface area contributed by atoms with Crippen LogP contribution >= 0.6 is 0 Å². The minimum Gasteiger partial charge on any atom is -0.488 e. The highest BCUT2D eigenvalue weighted by atomic mass is 16.5. The van der Waals surface area contributed by atoms with Crippen LogP contribution < -0.4 is 10.1 Å². The molecule has 122 valence electrons. The van der Waals surface area contributed by atoms with Gasteiger partial charge in [0.25, 0.3) is 0 Å². The molecule has 0 radical (unpaired) electrons. The Hall–Kier alpha value is -2.66. The lowest BCUT2D eigenvalue weighted by molar-refractivity contribution is 0.206. The molecule has 24 heavy (non-hydrogen) atoms. The number of para-hydroxylation sites is 1. The van der Waals surface area contributed by atoms with Gasteiger partial charge in [-0.15, -0.1) is 0 Å². The average molecular weight is 320 g/mol. The summed E-state index contributed by atoms with van der Waals surface area (Å²) in [5.41, 5.74) is 4.48. The first kappa shape index (κ1) is 14.9. The second-order valence-electron chi connectivity index (χ2n) is 6.13. The van der Waals surface area contributed by atoms with Crippen molar-refractivity contribution in [1.82, 2.24) is 20.5 Å². The topological polar surface area (TPSA) is 62.8 Å². The smallest absolute Gasteiger partial charge is 0.123 e. The highest BCUT2D eigenvalue weighted by Crippen LogP contribution is 2.37. The molecular weight excluding hydrogens is 300 g/mol. The summed E-state index contributed by atoms with van der Waals surface area (Å²) in [5.74, 6) is 1.41. The number of nitrogens with one attached hydrogen (secondary N) is 2. The molecule has 0 fully saturated rings. The first-order chi connectivity index (χ1) is 11.8. The van der Waals surface area contributed by atoms with Crippen LogP contribution in [-0.2, 0) is 6.54 Å². The third-order valence-electron chi connectivity index (χ3n) is 4.57. The lowest BCUT2D eigenvalue weighted by atomic mass is 9.97. The average Bonchev–Trinajstić information content (AvgIpc) is 3.21. The molecule has 0 spiro atoms. The van der Waals surface area contributed by atoms with Crippen LogP contribution in [0.3, 0.4) is 0 Å². The molecule has 0 aliphatic carbocycles. The van der Waals surface area contributed by atoms with Crippen LogP contribution in [-0.4, -0.2) is 27.8 Å². The van der Waals surface area contributed by atoms with Gasteiger partial charge in [-0.3, -0.25) is 10.1 Å². The largest absolute Gasteiger partial charge is 0.488 e. The SMILES string of the molecule is C[C@@H]1c2ccccc2O[C@@H]1CNCc1cn[nH]c1-c1cccnc1. The van der Waals surface area contributed by atoms with Crippen LogP contribution in [0.2, 0.25) is 0 Å². The molecule has 5 nitrogen and oxygen atoms in total. The summed E-state index contributed by atoms with van der Waals surface area (Å²) in [6.07, 6.45) is 5.64. The lowest BCUT2D eigenvalue weighted by Gasteiger charge is -2.16. The van der Waals surface area contributed by atoms with E-state index in [4.69, 9.17) is 4.74 Å². The van der Waals surface area contributed by atoms with Crippen molar-refractivity contribution in [2.24, 2.45) is 0 Å². The summed E-state index contributed by atoms with van der Waals surface area (Å²) in [6, 6.07) is 12.2. The molecule has 0 saturated heterocycles. The van der Waals surface area contributed by atoms with Crippen LogP contribution in [0.15, 0.2) is 55.0 Å². The molecule has 1 aromatic carbocycles. The Balaban J connectivity index is 1.39. The number of ether oxygens (including phenoxy) is 1. The van der Waals surface area contributed by atoms with Gasteiger partial charge in [0.2, 0.25) is 0 Å². The second kappa shape index (κ2) is 6.45. The number of pyridine rings is 1. The third kappa shape index (κ3) is 2.78. The molecule has 0 amide bonds. The fourth-order valence-corrected chi connectivity index (χ4v) is 3.20. The van der Waals surface area contributed by atoms with Gasteiger partial charge in [0, 0.05) is 48.1 Å². The molecule has 0 bridgehead atoms. The molecule has 4 rings (SSSR count). The van der Waals surface area contributed by atoms with Crippen LogP contribution in [0.5, 0.6) is 5.75 Å². The Morgan fingerprint density at radius 2 is 2.08 bits per heavy atom. The van der Waals surface area contributed by atoms with E-state index in [2.05, 4.69) is 39.6 Å². The van der Waals surface area contributed by atoms with Crippen molar-refractivity contribution in [2.45, 2.75) is 25.5 Å². The molecule has 2 N–H and O–H groups in total. The number of nitrogens with zero attached hydrogens (tertiary/aromatic N) is 2. The Kier molecular flexibility index (Phi) is 4.01. The molecule has 2 atom stereocenters. The Labute approximate surface area is 141 Å². The lowest BCUT2D eigenvalue weighted by Crippen LogP contribution is -2.31. The Morgan fingerprint density at radius 1 is 1.17 bits per heavy atom. The number of benzene rings is 1. The van der Waals surface area contributed by atoms with Crippen molar-refractivity contribution >= 4 is 0 Å². The molecule has 5 heteroatoms. The summed E-state index contributed by atoms with van der Waals surface area (Å²) < 4.78 is 6.06. The highest BCUT2D eigenvalue weighted by molar-refractivity contribution is 5.61. The number of rotatable bonds is 5. The van der Waals surface area contributed by atoms with Gasteiger partial charge in [-0.05, 0) is 18.2 Å². The fraction of sp³-hybridized carbons (Fsp3) is 0.263. The van der Waals surface area contributed by atoms with Crippen LogP contribution in [0, 0.1) is 0 Å². The number of hydrogen-bond acceptors (Lipinski definition) is 4. The maximum atomic E-state index is 6.06. The van der Waals surface area contributed by atoms with Gasteiger partial charge in [-0.2, -0.15) is 5.10 Å². The number of aromatic nitrogens is 3. The standard InChI is InChI=1S/C19H20N4O/c1-13-16-6-2-3-7-17(16)24-18(13)12-21-10-15-11-22-23-19(15)14-5-4-8-20-9-14/h2-9,11,13,18,21H,10,12H2,1H3,(H,22,23)/t13-,18-/m1/s1. The van der Waals surface area contributed by atoms with Gasteiger partial charge in [0.05, 0.1) is 11.9 Å². The van der Waals surface area contributed by atoms with E-state index in [0.29, 0.717) is 5.92 Å². The summed E-state index contributed by atoms with van der Waals surface area (Å²) >= 11 is 0.